The molecule has 164 valence electrons. The fourth-order valence-corrected chi connectivity index (χ4v) is 4.83. The molecule has 3 aromatic carbocycles. The molecule has 0 atom stereocenters. The monoisotopic (exact) mass is 547 g/mol. The van der Waals surface area contributed by atoms with Crippen molar-refractivity contribution in [2.75, 3.05) is 11.4 Å². The van der Waals surface area contributed by atoms with E-state index >= 15 is 0 Å². The highest BCUT2D eigenvalue weighted by molar-refractivity contribution is 14.1. The van der Waals surface area contributed by atoms with Gasteiger partial charge in [0.15, 0.2) is 0 Å². The number of aromatic nitrogens is 2. The largest absolute Gasteiger partial charge is 0.308 e. The maximum atomic E-state index is 13.7. The van der Waals surface area contributed by atoms with Gasteiger partial charge in [-0.2, -0.15) is 0 Å². The van der Waals surface area contributed by atoms with Crippen LogP contribution >= 0.6 is 22.6 Å². The van der Waals surface area contributed by atoms with Gasteiger partial charge in [-0.25, -0.2) is 4.98 Å². The topological polar surface area (TPSA) is 55.2 Å². The fourth-order valence-electron chi connectivity index (χ4n) is 4.34. The minimum Gasteiger partial charge on any atom is -0.308 e. The van der Waals surface area contributed by atoms with E-state index in [0.29, 0.717) is 28.8 Å². The van der Waals surface area contributed by atoms with Gasteiger partial charge in [0, 0.05) is 15.7 Å². The number of hydrogen-bond donors (Lipinski definition) is 0. The Kier molecular flexibility index (Phi) is 5.62. The van der Waals surface area contributed by atoms with Crippen molar-refractivity contribution >= 4 is 56.7 Å². The first-order valence-electron chi connectivity index (χ1n) is 10.9. The first-order chi connectivity index (χ1) is 16.0. The Balaban J connectivity index is 1.82. The number of hydrogen-bond acceptors (Lipinski definition) is 3. The van der Waals surface area contributed by atoms with Crippen molar-refractivity contribution in [3.05, 3.63) is 97.6 Å². The number of benzene rings is 3. The maximum Gasteiger partial charge on any atom is 0.266 e. The van der Waals surface area contributed by atoms with Crippen LogP contribution in [0.3, 0.4) is 0 Å². The molecular formula is C27H22IN3O2. The Morgan fingerprint density at radius 3 is 2.45 bits per heavy atom. The molecule has 0 bridgehead atoms. The molecule has 1 amide bonds. The van der Waals surface area contributed by atoms with Crippen LogP contribution in [0.25, 0.3) is 28.2 Å². The molecule has 6 heteroatoms. The van der Waals surface area contributed by atoms with Gasteiger partial charge in [-0.1, -0.05) is 43.3 Å². The molecular weight excluding hydrogens is 525 g/mol. The molecule has 0 radical (unpaired) electrons. The molecule has 5 rings (SSSR count). The van der Waals surface area contributed by atoms with E-state index in [1.54, 1.807) is 15.5 Å². The first kappa shape index (κ1) is 21.6. The van der Waals surface area contributed by atoms with E-state index in [0.717, 1.165) is 32.5 Å². The summed E-state index contributed by atoms with van der Waals surface area (Å²) in [7, 11) is 0. The average molecular weight is 547 g/mol. The summed E-state index contributed by atoms with van der Waals surface area (Å²) in [6.45, 7) is 4.66. The Labute approximate surface area is 205 Å². The van der Waals surface area contributed by atoms with Crippen LogP contribution in [0.15, 0.2) is 71.5 Å². The summed E-state index contributed by atoms with van der Waals surface area (Å²) in [6.07, 6.45) is 2.62. The number of nitrogens with zero attached hydrogens (tertiary/aromatic N) is 3. The lowest BCUT2D eigenvalue weighted by molar-refractivity contribution is -0.113. The molecule has 0 saturated heterocycles. The summed E-state index contributed by atoms with van der Waals surface area (Å²) in [6, 6.07) is 21.2. The molecule has 5 nitrogen and oxygen atoms in total. The van der Waals surface area contributed by atoms with E-state index in [1.807, 2.05) is 73.7 Å². The van der Waals surface area contributed by atoms with E-state index in [9.17, 15) is 9.59 Å². The molecule has 0 fully saturated rings. The van der Waals surface area contributed by atoms with Crippen molar-refractivity contribution in [1.82, 2.24) is 9.55 Å². The quantitative estimate of drug-likeness (QED) is 0.247. The third kappa shape index (κ3) is 3.68. The second-order valence-electron chi connectivity index (χ2n) is 8.09. The number of carbonyl (C=O) groups is 1. The summed E-state index contributed by atoms with van der Waals surface area (Å²) in [5.74, 6) is 0.380. The summed E-state index contributed by atoms with van der Waals surface area (Å²) in [5, 5.41) is 0.554. The number of anilines is 1. The van der Waals surface area contributed by atoms with E-state index in [1.165, 1.54) is 0 Å². The lowest BCUT2D eigenvalue weighted by Crippen LogP contribution is -2.27. The predicted octanol–water partition coefficient (Wildman–Crippen LogP) is 5.60. The number of rotatable bonds is 4. The van der Waals surface area contributed by atoms with Gasteiger partial charge in [-0.05, 0) is 77.9 Å². The van der Waals surface area contributed by atoms with Gasteiger partial charge >= 0.3 is 0 Å². The highest BCUT2D eigenvalue weighted by Gasteiger charge is 2.32. The summed E-state index contributed by atoms with van der Waals surface area (Å²) < 4.78 is 2.59. The zero-order valence-electron chi connectivity index (χ0n) is 18.4. The number of halogens is 1. The summed E-state index contributed by atoms with van der Waals surface area (Å²) >= 11 is 2.20. The number of aryl methyl sites for hydroxylation is 1. The number of carbonyl (C=O) groups excluding carboxylic acids is 1. The van der Waals surface area contributed by atoms with Gasteiger partial charge in [0.25, 0.3) is 11.5 Å². The van der Waals surface area contributed by atoms with Gasteiger partial charge in [0.05, 0.1) is 27.9 Å². The molecule has 0 unspecified atom stereocenters. The van der Waals surface area contributed by atoms with Crippen LogP contribution < -0.4 is 10.5 Å². The van der Waals surface area contributed by atoms with Crippen LogP contribution in [0.4, 0.5) is 5.69 Å². The van der Waals surface area contributed by atoms with Crippen LogP contribution in [0.1, 0.15) is 30.3 Å². The molecule has 4 aromatic rings. The van der Waals surface area contributed by atoms with Crippen LogP contribution in [-0.2, 0) is 4.79 Å². The van der Waals surface area contributed by atoms with E-state index in [2.05, 4.69) is 29.5 Å². The van der Waals surface area contributed by atoms with Gasteiger partial charge in [-0.15, -0.1) is 0 Å². The second-order valence-corrected chi connectivity index (χ2v) is 9.34. The Morgan fingerprint density at radius 1 is 0.970 bits per heavy atom. The van der Waals surface area contributed by atoms with Crippen molar-refractivity contribution in [3.63, 3.8) is 0 Å². The number of fused-ring (bicyclic) bond motifs is 2. The summed E-state index contributed by atoms with van der Waals surface area (Å²) in [5.41, 5.74) is 4.49. The van der Waals surface area contributed by atoms with E-state index in [4.69, 9.17) is 4.98 Å². The Bertz CT molecular complexity index is 1500. The third-order valence-electron chi connectivity index (χ3n) is 5.89. The fraction of sp³-hybridized carbons (Fsp3) is 0.148. The van der Waals surface area contributed by atoms with Crippen molar-refractivity contribution in [1.29, 1.82) is 0 Å². The zero-order chi connectivity index (χ0) is 23.1. The average Bonchev–Trinajstić information content (AvgIpc) is 3.07. The third-order valence-corrected chi connectivity index (χ3v) is 6.56. The lowest BCUT2D eigenvalue weighted by atomic mass is 10.1. The zero-order valence-corrected chi connectivity index (χ0v) is 20.5. The summed E-state index contributed by atoms with van der Waals surface area (Å²) in [4.78, 5) is 33.8. The SMILES string of the molecule is CCCN1C(=O)/C(=C\c2nc3ccc(I)cc3c(=O)n2-c2ccccc2C)c2ccccc21. The first-order valence-corrected chi connectivity index (χ1v) is 12.0. The van der Waals surface area contributed by atoms with Gasteiger partial charge in [0.1, 0.15) is 5.82 Å². The minimum atomic E-state index is -0.149. The molecule has 0 spiro atoms. The van der Waals surface area contributed by atoms with Gasteiger partial charge < -0.3 is 4.90 Å². The van der Waals surface area contributed by atoms with E-state index < -0.39 is 0 Å². The normalized spacial score (nSPS) is 14.3. The van der Waals surface area contributed by atoms with Crippen LogP contribution in [0.5, 0.6) is 0 Å². The van der Waals surface area contributed by atoms with Crippen molar-refractivity contribution in [2.24, 2.45) is 0 Å². The molecule has 1 aromatic heterocycles. The molecule has 2 heterocycles. The van der Waals surface area contributed by atoms with Crippen molar-refractivity contribution in [2.45, 2.75) is 20.3 Å². The minimum absolute atomic E-state index is 0.0636. The lowest BCUT2D eigenvalue weighted by Gasteiger charge is -2.16. The highest BCUT2D eigenvalue weighted by Crippen LogP contribution is 2.37. The number of amides is 1. The Hall–Kier alpha value is -3.26. The molecule has 33 heavy (non-hydrogen) atoms. The number of para-hydroxylation sites is 2. The maximum absolute atomic E-state index is 13.7. The standard InChI is InChI=1S/C27H22IN3O2/c1-3-14-30-24-11-7-5-9-19(24)20(26(30)32)16-25-29-22-13-12-18(28)15-21(22)27(33)31(25)23-10-6-4-8-17(23)2/h4-13,15-16H,3,14H2,1-2H3/b20-16-. The van der Waals surface area contributed by atoms with Gasteiger partial charge in [-0.3, -0.25) is 14.2 Å². The molecule has 0 saturated carbocycles. The van der Waals surface area contributed by atoms with Crippen LogP contribution in [-0.4, -0.2) is 22.0 Å². The smallest absolute Gasteiger partial charge is 0.266 e. The van der Waals surface area contributed by atoms with Crippen LogP contribution in [0, 0.1) is 10.5 Å². The molecule has 1 aliphatic heterocycles. The van der Waals surface area contributed by atoms with Gasteiger partial charge in [0.2, 0.25) is 0 Å². The van der Waals surface area contributed by atoms with Crippen molar-refractivity contribution < 1.29 is 4.79 Å². The van der Waals surface area contributed by atoms with Crippen LogP contribution in [0.2, 0.25) is 0 Å². The molecule has 0 N–H and O–H groups in total. The highest BCUT2D eigenvalue weighted by atomic mass is 127. The van der Waals surface area contributed by atoms with Crippen molar-refractivity contribution in [3.8, 4) is 5.69 Å². The Morgan fingerprint density at radius 2 is 1.70 bits per heavy atom. The second kappa shape index (κ2) is 8.59. The molecule has 1 aliphatic rings. The predicted molar refractivity (Wildman–Crippen MR) is 142 cm³/mol. The van der Waals surface area contributed by atoms with E-state index in [-0.39, 0.29) is 11.5 Å². The molecule has 0 aliphatic carbocycles.